The van der Waals surface area contributed by atoms with E-state index in [0.717, 1.165) is 46.9 Å². The molecule has 0 amide bonds. The maximum Gasteiger partial charge on any atom is 0.419 e. The summed E-state index contributed by atoms with van der Waals surface area (Å²) in [6, 6.07) is 17.7. The predicted molar refractivity (Wildman–Crippen MR) is 161 cm³/mol. The molecule has 0 saturated heterocycles. The highest BCUT2D eigenvalue weighted by Gasteiger charge is 2.28. The maximum atomic E-state index is 13.9. The molecule has 3 heterocycles. The van der Waals surface area contributed by atoms with Gasteiger partial charge in [0.2, 0.25) is 5.96 Å². The van der Waals surface area contributed by atoms with Gasteiger partial charge in [-0.1, -0.05) is 80.1 Å². The van der Waals surface area contributed by atoms with Gasteiger partial charge in [-0.15, -0.1) is 0 Å². The fourth-order valence-corrected chi connectivity index (χ4v) is 4.73. The molecule has 0 saturated carbocycles. The lowest BCUT2D eigenvalue weighted by atomic mass is 10.00. The lowest BCUT2D eigenvalue weighted by Gasteiger charge is -2.18. The van der Waals surface area contributed by atoms with Gasteiger partial charge in [0.1, 0.15) is 11.6 Å². The van der Waals surface area contributed by atoms with Crippen LogP contribution in [0.25, 0.3) is 23.5 Å². The van der Waals surface area contributed by atoms with Gasteiger partial charge in [0.25, 0.3) is 0 Å². The zero-order valence-electron chi connectivity index (χ0n) is 23.1. The van der Waals surface area contributed by atoms with Crippen molar-refractivity contribution in [3.8, 4) is 29.0 Å². The van der Waals surface area contributed by atoms with E-state index in [-0.39, 0.29) is 18.3 Å². The first-order chi connectivity index (χ1) is 19.9. The van der Waals surface area contributed by atoms with Crippen LogP contribution in [-0.2, 0) is 13.0 Å². The number of rotatable bonds is 9. The van der Waals surface area contributed by atoms with Gasteiger partial charge < -0.3 is 14.6 Å². The van der Waals surface area contributed by atoms with Crippen molar-refractivity contribution in [2.45, 2.75) is 45.8 Å². The number of imidazole rings is 1. The van der Waals surface area contributed by atoms with Gasteiger partial charge in [-0.2, -0.15) is 13.8 Å². The fraction of sp³-hybridized carbons (Fsp3) is 0.242. The number of nitrogens with zero attached hydrogens (tertiary/aromatic N) is 4. The van der Waals surface area contributed by atoms with E-state index < -0.39 is 6.11 Å². The average Bonchev–Trinajstić information content (AvgIpc) is 3.20. The lowest BCUT2D eigenvalue weighted by molar-refractivity contribution is -0.131. The van der Waals surface area contributed by atoms with Crippen molar-refractivity contribution in [3.05, 3.63) is 96.0 Å². The molecule has 0 radical (unpaired) electrons. The molecule has 3 aromatic rings. The second-order valence-corrected chi connectivity index (χ2v) is 9.72. The van der Waals surface area contributed by atoms with Gasteiger partial charge in [-0.3, -0.25) is 0 Å². The fourth-order valence-electron chi connectivity index (χ4n) is 4.73. The first kappa shape index (κ1) is 27.8. The van der Waals surface area contributed by atoms with Crippen LogP contribution in [0.5, 0.6) is 5.75 Å². The molecule has 208 valence electrons. The second-order valence-electron chi connectivity index (χ2n) is 9.72. The van der Waals surface area contributed by atoms with Crippen molar-refractivity contribution in [2.75, 3.05) is 0 Å². The number of hydrogen-bond acceptors (Lipinski definition) is 5. The topological polar surface area (TPSA) is 63.8 Å². The molecule has 8 heteroatoms. The number of para-hydroxylation sites is 1. The summed E-state index contributed by atoms with van der Waals surface area (Å²) in [6.45, 7) is 7.47. The minimum atomic E-state index is -3.49. The number of halogens is 2. The number of allylic oxidation sites excluding steroid dienone is 2. The van der Waals surface area contributed by atoms with Crippen molar-refractivity contribution in [1.29, 1.82) is 0 Å². The smallest absolute Gasteiger partial charge is 0.419 e. The quantitative estimate of drug-likeness (QED) is 0.228. The summed E-state index contributed by atoms with van der Waals surface area (Å²) in [5.41, 5.74) is 5.03. The van der Waals surface area contributed by atoms with E-state index in [1.54, 1.807) is 18.2 Å². The van der Waals surface area contributed by atoms with Crippen molar-refractivity contribution in [1.82, 2.24) is 14.9 Å². The van der Waals surface area contributed by atoms with Crippen molar-refractivity contribution < 1.29 is 13.5 Å². The minimum Gasteiger partial charge on any atom is -0.429 e. The standard InChI is InChI=1S/C33H31F2N5O/c1-4-10-24-14-16-25(17-15-24)30-31(40-20-18-23(5-2)21-29(40)39-30)27-12-9-19-36-32(38-27)37-22-26-11-7-8-13-28(26)41-33(34,35)6-3/h4,6-8,10-11,13-18,20,23H,3,5,12,21-22H2,1-2H3,(H,36,37)/b10-4+. The van der Waals surface area contributed by atoms with Crippen LogP contribution in [0.2, 0.25) is 0 Å². The molecule has 5 rings (SSSR count). The van der Waals surface area contributed by atoms with Crippen LogP contribution in [0.3, 0.4) is 0 Å². The van der Waals surface area contributed by atoms with Crippen LogP contribution in [0.1, 0.15) is 49.3 Å². The molecule has 2 aromatic carbocycles. The molecule has 1 unspecified atom stereocenters. The third-order valence-electron chi connectivity index (χ3n) is 6.91. The van der Waals surface area contributed by atoms with Crippen molar-refractivity contribution >= 4 is 23.9 Å². The number of nitrogens with one attached hydrogen (secondary N) is 1. The summed E-state index contributed by atoms with van der Waals surface area (Å²) < 4.78 is 34.7. The van der Waals surface area contributed by atoms with E-state index in [0.29, 0.717) is 24.0 Å². The number of guanidine groups is 1. The molecule has 0 bridgehead atoms. The zero-order valence-corrected chi connectivity index (χ0v) is 23.1. The number of aromatic nitrogens is 2. The van der Waals surface area contributed by atoms with E-state index in [1.165, 1.54) is 6.07 Å². The Morgan fingerprint density at radius 3 is 2.76 bits per heavy atom. The van der Waals surface area contributed by atoms with Crippen LogP contribution < -0.4 is 10.1 Å². The molecule has 2 aliphatic heterocycles. The van der Waals surface area contributed by atoms with Gasteiger partial charge >= 0.3 is 6.11 Å². The average molecular weight is 552 g/mol. The molecule has 0 aliphatic carbocycles. The van der Waals surface area contributed by atoms with Gasteiger partial charge in [0.15, 0.2) is 0 Å². The zero-order chi connectivity index (χ0) is 28.8. The highest BCUT2D eigenvalue weighted by atomic mass is 19.3. The van der Waals surface area contributed by atoms with Crippen LogP contribution in [-0.4, -0.2) is 27.3 Å². The first-order valence-electron chi connectivity index (χ1n) is 13.6. The van der Waals surface area contributed by atoms with Gasteiger partial charge in [-0.25, -0.2) is 9.98 Å². The summed E-state index contributed by atoms with van der Waals surface area (Å²) in [5, 5.41) is 3.14. The van der Waals surface area contributed by atoms with E-state index in [2.05, 4.69) is 83.0 Å². The van der Waals surface area contributed by atoms with E-state index in [1.807, 2.05) is 13.0 Å². The molecule has 2 aliphatic rings. The van der Waals surface area contributed by atoms with Gasteiger partial charge in [0.05, 0.1) is 23.5 Å². The molecule has 41 heavy (non-hydrogen) atoms. The molecule has 1 N–H and O–H groups in total. The summed E-state index contributed by atoms with van der Waals surface area (Å²) in [6.07, 6.45) is 7.57. The number of fused-ring (bicyclic) bond motifs is 1. The molecule has 6 nitrogen and oxygen atoms in total. The Balaban J connectivity index is 1.49. The lowest BCUT2D eigenvalue weighted by Crippen LogP contribution is -2.25. The SMILES string of the molecule is C=CC(F)(F)Oc1ccccc1CNC1=NC#CCC(c2c(-c3ccc(/C=C/C)cc3)nc3n2C=CC(CC)C3)=N1. The monoisotopic (exact) mass is 551 g/mol. The van der Waals surface area contributed by atoms with E-state index >= 15 is 0 Å². The molecule has 1 atom stereocenters. The number of hydrogen-bond donors (Lipinski definition) is 1. The normalized spacial score (nSPS) is 16.2. The van der Waals surface area contributed by atoms with Crippen molar-refractivity contribution in [3.63, 3.8) is 0 Å². The molecule has 1 aromatic heterocycles. The molecular formula is C33H31F2N5O. The third-order valence-corrected chi connectivity index (χ3v) is 6.91. The molecule has 0 fully saturated rings. The van der Waals surface area contributed by atoms with Crippen LogP contribution in [0.15, 0.2) is 83.3 Å². The van der Waals surface area contributed by atoms with Gasteiger partial charge in [-0.05, 0) is 30.9 Å². The highest BCUT2D eigenvalue weighted by molar-refractivity contribution is 6.11. The summed E-state index contributed by atoms with van der Waals surface area (Å²) in [7, 11) is 0. The minimum absolute atomic E-state index is 0.0403. The Bertz CT molecular complexity index is 1620. The summed E-state index contributed by atoms with van der Waals surface area (Å²) in [4.78, 5) is 14.2. The van der Waals surface area contributed by atoms with E-state index in [4.69, 9.17) is 14.7 Å². The van der Waals surface area contributed by atoms with Crippen LogP contribution in [0.4, 0.5) is 8.78 Å². The summed E-state index contributed by atoms with van der Waals surface area (Å²) in [5.74, 6) is 4.80. The second kappa shape index (κ2) is 12.2. The highest BCUT2D eigenvalue weighted by Crippen LogP contribution is 2.31. The Hall–Kier alpha value is -4.77. The number of aliphatic imine (C=N–C) groups is 2. The number of alkyl halides is 2. The largest absolute Gasteiger partial charge is 0.429 e. The van der Waals surface area contributed by atoms with Crippen LogP contribution >= 0.6 is 0 Å². The number of ether oxygens (including phenoxy) is 1. The van der Waals surface area contributed by atoms with E-state index in [9.17, 15) is 8.78 Å². The Labute approximate surface area is 238 Å². The van der Waals surface area contributed by atoms with Crippen molar-refractivity contribution in [2.24, 2.45) is 15.9 Å². The number of benzene rings is 2. The van der Waals surface area contributed by atoms with Gasteiger partial charge in [0, 0.05) is 42.4 Å². The third kappa shape index (κ3) is 6.36. The Kier molecular flexibility index (Phi) is 8.25. The Morgan fingerprint density at radius 1 is 1.20 bits per heavy atom. The Morgan fingerprint density at radius 2 is 2.00 bits per heavy atom. The predicted octanol–water partition coefficient (Wildman–Crippen LogP) is 7.09. The molecular weight excluding hydrogens is 520 g/mol. The first-order valence-corrected chi connectivity index (χ1v) is 13.6. The molecule has 0 spiro atoms. The van der Waals surface area contributed by atoms with Crippen LogP contribution in [0, 0.1) is 17.9 Å². The maximum absolute atomic E-state index is 13.9. The summed E-state index contributed by atoms with van der Waals surface area (Å²) >= 11 is 0.